The highest BCUT2D eigenvalue weighted by Gasteiger charge is 2.55. The summed E-state index contributed by atoms with van der Waals surface area (Å²) >= 11 is 0. The van der Waals surface area contributed by atoms with Crippen molar-refractivity contribution in [2.24, 2.45) is 0 Å². The summed E-state index contributed by atoms with van der Waals surface area (Å²) in [4.78, 5) is 0. The van der Waals surface area contributed by atoms with E-state index >= 15 is 0 Å². The van der Waals surface area contributed by atoms with E-state index in [9.17, 15) is 0 Å². The number of fused-ring (bicyclic) bond motifs is 1. The smallest absolute Gasteiger partial charge is 0.124 e. The van der Waals surface area contributed by atoms with Crippen LogP contribution in [0.3, 0.4) is 0 Å². The van der Waals surface area contributed by atoms with Crippen molar-refractivity contribution in [2.45, 2.75) is 50.7 Å². The monoisotopic (exact) mass is 255 g/mol. The van der Waals surface area contributed by atoms with Crippen molar-refractivity contribution in [1.82, 2.24) is 5.32 Å². The fraction of sp³-hybridized carbons (Fsp3) is 0.529. The Morgan fingerprint density at radius 2 is 2.26 bits per heavy atom. The molecule has 1 saturated heterocycles. The summed E-state index contributed by atoms with van der Waals surface area (Å²) in [5.74, 6) is 1.13. The van der Waals surface area contributed by atoms with Crippen molar-refractivity contribution >= 4 is 0 Å². The third kappa shape index (κ3) is 1.35. The van der Waals surface area contributed by atoms with Crippen LogP contribution in [0.4, 0.5) is 0 Å². The Labute approximate surface area is 114 Å². The summed E-state index contributed by atoms with van der Waals surface area (Å²) in [5.41, 5.74) is 4.59. The van der Waals surface area contributed by atoms with Gasteiger partial charge in [-0.05, 0) is 56.9 Å². The van der Waals surface area contributed by atoms with Crippen molar-refractivity contribution < 1.29 is 4.74 Å². The van der Waals surface area contributed by atoms with Gasteiger partial charge in [-0.1, -0.05) is 18.2 Å². The molecule has 1 aliphatic carbocycles. The zero-order chi connectivity index (χ0) is 13.0. The summed E-state index contributed by atoms with van der Waals surface area (Å²) in [5, 5.41) is 3.62. The van der Waals surface area contributed by atoms with Crippen LogP contribution >= 0.6 is 0 Å². The fourth-order valence-electron chi connectivity index (χ4n) is 4.52. The minimum absolute atomic E-state index is 0.156. The second-order valence-corrected chi connectivity index (χ2v) is 6.19. The topological polar surface area (TPSA) is 21.3 Å². The highest BCUT2D eigenvalue weighted by Crippen LogP contribution is 2.55. The van der Waals surface area contributed by atoms with E-state index < -0.39 is 0 Å². The molecule has 2 heterocycles. The minimum atomic E-state index is 0.156. The van der Waals surface area contributed by atoms with E-state index in [4.69, 9.17) is 4.74 Å². The predicted molar refractivity (Wildman–Crippen MR) is 76.7 cm³/mol. The van der Waals surface area contributed by atoms with Crippen molar-refractivity contribution in [3.05, 3.63) is 41.0 Å². The van der Waals surface area contributed by atoms with Crippen molar-refractivity contribution in [2.75, 3.05) is 6.54 Å². The van der Waals surface area contributed by atoms with E-state index in [-0.39, 0.29) is 5.41 Å². The van der Waals surface area contributed by atoms with Crippen LogP contribution in [0.1, 0.15) is 37.3 Å². The quantitative estimate of drug-likeness (QED) is 0.719. The number of benzene rings is 1. The molecule has 19 heavy (non-hydrogen) atoms. The molecule has 3 unspecified atom stereocenters. The minimum Gasteiger partial charge on any atom is -0.489 e. The number of hydrogen-bond donors (Lipinski definition) is 1. The van der Waals surface area contributed by atoms with Crippen LogP contribution < -0.4 is 10.1 Å². The van der Waals surface area contributed by atoms with Gasteiger partial charge in [-0.3, -0.25) is 0 Å². The lowest BCUT2D eigenvalue weighted by Gasteiger charge is -2.46. The van der Waals surface area contributed by atoms with Crippen LogP contribution in [0.5, 0.6) is 5.75 Å². The molecule has 1 spiro atoms. The third-order valence-corrected chi connectivity index (χ3v) is 5.24. The average Bonchev–Trinajstić information content (AvgIpc) is 2.73. The Bertz CT molecular complexity index is 562. The van der Waals surface area contributed by atoms with Gasteiger partial charge in [0.05, 0.1) is 5.41 Å². The lowest BCUT2D eigenvalue weighted by molar-refractivity contribution is 0.126. The van der Waals surface area contributed by atoms with Crippen LogP contribution in [0.25, 0.3) is 0 Å². The Balaban J connectivity index is 1.98. The maximum Gasteiger partial charge on any atom is 0.124 e. The van der Waals surface area contributed by atoms with Crippen LogP contribution in [0, 0.1) is 6.92 Å². The highest BCUT2D eigenvalue weighted by molar-refractivity contribution is 5.57. The molecule has 0 radical (unpaired) electrons. The number of ether oxygens (including phenoxy) is 1. The van der Waals surface area contributed by atoms with Crippen LogP contribution in [-0.2, 0) is 5.41 Å². The first-order chi connectivity index (χ1) is 9.23. The molecule has 100 valence electrons. The molecular weight excluding hydrogens is 234 g/mol. The number of rotatable bonds is 0. The van der Waals surface area contributed by atoms with Gasteiger partial charge in [-0.25, -0.2) is 0 Å². The van der Waals surface area contributed by atoms with Crippen LogP contribution in [0.2, 0.25) is 0 Å². The maximum atomic E-state index is 6.33. The normalized spacial score (nSPS) is 35.8. The van der Waals surface area contributed by atoms with Gasteiger partial charge in [-0.2, -0.15) is 0 Å². The first kappa shape index (κ1) is 11.5. The molecule has 4 rings (SSSR count). The number of aryl methyl sites for hydroxylation is 1. The van der Waals surface area contributed by atoms with Crippen molar-refractivity contribution in [3.8, 4) is 5.75 Å². The third-order valence-electron chi connectivity index (χ3n) is 5.24. The van der Waals surface area contributed by atoms with Gasteiger partial charge >= 0.3 is 0 Å². The maximum absolute atomic E-state index is 6.33. The van der Waals surface area contributed by atoms with E-state index in [0.29, 0.717) is 12.1 Å². The fourth-order valence-corrected chi connectivity index (χ4v) is 4.52. The molecule has 0 aromatic heterocycles. The van der Waals surface area contributed by atoms with E-state index in [1.54, 1.807) is 5.57 Å². The predicted octanol–water partition coefficient (Wildman–Crippen LogP) is 3.10. The molecule has 1 aromatic rings. The summed E-state index contributed by atoms with van der Waals surface area (Å²) < 4.78 is 6.33. The van der Waals surface area contributed by atoms with E-state index in [1.807, 2.05) is 0 Å². The summed E-state index contributed by atoms with van der Waals surface area (Å²) in [6, 6.07) is 6.99. The molecule has 2 nitrogen and oxygen atoms in total. The summed E-state index contributed by atoms with van der Waals surface area (Å²) in [6.07, 6.45) is 6.31. The number of allylic oxidation sites excluding steroid dienone is 1. The van der Waals surface area contributed by atoms with Crippen molar-refractivity contribution in [3.63, 3.8) is 0 Å². The van der Waals surface area contributed by atoms with Gasteiger partial charge in [0.15, 0.2) is 0 Å². The van der Waals surface area contributed by atoms with Gasteiger partial charge in [0.1, 0.15) is 11.9 Å². The largest absolute Gasteiger partial charge is 0.489 e. The SMILES string of the molecule is Cc1cccc2c1C13CCNC(C)C1=CCCC3O2. The standard InChI is InChI=1S/C17H21NO/c1-11-5-3-7-14-16(11)17-9-10-18-12(2)13(17)6-4-8-15(17)19-14/h3,5-7,12,15,18H,4,8-10H2,1-2H3. The zero-order valence-electron chi connectivity index (χ0n) is 11.7. The number of piperidine rings is 1. The molecule has 0 bridgehead atoms. The lowest BCUT2D eigenvalue weighted by atomic mass is 9.61. The van der Waals surface area contributed by atoms with Crippen molar-refractivity contribution in [1.29, 1.82) is 0 Å². The molecule has 2 heteroatoms. The Morgan fingerprint density at radius 3 is 3.16 bits per heavy atom. The highest BCUT2D eigenvalue weighted by atomic mass is 16.5. The zero-order valence-corrected chi connectivity index (χ0v) is 11.7. The van der Waals surface area contributed by atoms with E-state index in [1.165, 1.54) is 17.5 Å². The molecule has 0 amide bonds. The summed E-state index contributed by atoms with van der Waals surface area (Å²) in [6.45, 7) is 5.62. The van der Waals surface area contributed by atoms with Gasteiger partial charge in [-0.15, -0.1) is 0 Å². The van der Waals surface area contributed by atoms with Gasteiger partial charge in [0.25, 0.3) is 0 Å². The first-order valence-electron chi connectivity index (χ1n) is 7.44. The lowest BCUT2D eigenvalue weighted by Crippen LogP contribution is -2.54. The van der Waals surface area contributed by atoms with Gasteiger partial charge < -0.3 is 10.1 Å². The van der Waals surface area contributed by atoms with Crippen LogP contribution in [0.15, 0.2) is 29.8 Å². The first-order valence-corrected chi connectivity index (χ1v) is 7.44. The van der Waals surface area contributed by atoms with Gasteiger partial charge in [0, 0.05) is 11.6 Å². The molecule has 1 aromatic carbocycles. The Hall–Kier alpha value is -1.28. The molecular formula is C17H21NO. The molecule has 1 N–H and O–H groups in total. The van der Waals surface area contributed by atoms with E-state index in [2.05, 4.69) is 43.4 Å². The molecule has 1 fully saturated rings. The van der Waals surface area contributed by atoms with Crippen LogP contribution in [-0.4, -0.2) is 18.7 Å². The average molecular weight is 255 g/mol. The Kier molecular flexibility index (Phi) is 2.34. The number of hydrogen-bond acceptors (Lipinski definition) is 2. The van der Waals surface area contributed by atoms with Gasteiger partial charge in [0.2, 0.25) is 0 Å². The second kappa shape index (κ2) is 3.86. The van der Waals surface area contributed by atoms with E-state index in [0.717, 1.165) is 25.1 Å². The molecule has 2 aliphatic heterocycles. The molecule has 3 atom stereocenters. The molecule has 0 saturated carbocycles. The Morgan fingerprint density at radius 1 is 1.37 bits per heavy atom. The molecule has 3 aliphatic rings. The second-order valence-electron chi connectivity index (χ2n) is 6.19. The summed E-state index contributed by atoms with van der Waals surface area (Å²) in [7, 11) is 0. The number of nitrogens with one attached hydrogen (secondary N) is 1.